The number of nitrogens with one attached hydrogen (secondary N) is 1. The number of rotatable bonds is 8. The number of amides is 1. The smallest absolute Gasteiger partial charge is 0.407 e. The summed E-state index contributed by atoms with van der Waals surface area (Å²) in [6, 6.07) is 3.89. The van der Waals surface area contributed by atoms with Crippen LogP contribution in [0.1, 0.15) is 38.9 Å². The van der Waals surface area contributed by atoms with Gasteiger partial charge in [0.2, 0.25) is 0 Å². The van der Waals surface area contributed by atoms with Gasteiger partial charge in [0.25, 0.3) is 0 Å². The second-order valence-electron chi connectivity index (χ2n) is 6.46. The van der Waals surface area contributed by atoms with Gasteiger partial charge in [-0.05, 0) is 39.3 Å². The van der Waals surface area contributed by atoms with E-state index >= 15 is 0 Å². The van der Waals surface area contributed by atoms with Gasteiger partial charge in [0.15, 0.2) is 6.79 Å². The van der Waals surface area contributed by atoms with Crippen LogP contribution in [0.5, 0.6) is 5.75 Å². The minimum atomic E-state index is -1.43. The standard InChI is InChI=1S/C17H26FNO6/c1-17(2,3)25-16(22)19-8-7-14(20)15(21)12-6-5-11(9-13(12)18)24-10-23-4/h5-6,9,14-15,20-21H,7-8,10H2,1-4H3,(H,19,22). The molecule has 0 saturated carbocycles. The molecular weight excluding hydrogens is 333 g/mol. The van der Waals surface area contributed by atoms with E-state index in [1.165, 1.54) is 19.2 Å². The molecule has 1 rings (SSSR count). The molecule has 0 spiro atoms. The summed E-state index contributed by atoms with van der Waals surface area (Å²) in [5.74, 6) is -0.461. The number of benzene rings is 1. The molecule has 8 heteroatoms. The third-order valence-electron chi connectivity index (χ3n) is 3.11. The quantitative estimate of drug-likeness (QED) is 0.615. The van der Waals surface area contributed by atoms with Crippen molar-refractivity contribution in [1.29, 1.82) is 0 Å². The summed E-state index contributed by atoms with van der Waals surface area (Å²) >= 11 is 0. The van der Waals surface area contributed by atoms with Crippen LogP contribution in [-0.2, 0) is 9.47 Å². The van der Waals surface area contributed by atoms with E-state index < -0.39 is 29.7 Å². The highest BCUT2D eigenvalue weighted by Crippen LogP contribution is 2.25. The van der Waals surface area contributed by atoms with Gasteiger partial charge >= 0.3 is 6.09 Å². The van der Waals surface area contributed by atoms with Gasteiger partial charge in [0.05, 0.1) is 6.10 Å². The number of hydrogen-bond donors (Lipinski definition) is 3. The minimum absolute atomic E-state index is 0.0275. The summed E-state index contributed by atoms with van der Waals surface area (Å²) in [5, 5.41) is 22.5. The molecule has 1 aromatic carbocycles. The van der Waals surface area contributed by atoms with Crippen LogP contribution >= 0.6 is 0 Å². The molecule has 1 amide bonds. The zero-order chi connectivity index (χ0) is 19.0. The van der Waals surface area contributed by atoms with Crippen molar-refractivity contribution in [3.63, 3.8) is 0 Å². The van der Waals surface area contributed by atoms with Crippen LogP contribution in [0.15, 0.2) is 18.2 Å². The Balaban J connectivity index is 2.53. The third-order valence-corrected chi connectivity index (χ3v) is 3.11. The number of alkyl carbamates (subject to hydrolysis) is 1. The van der Waals surface area contributed by atoms with E-state index in [4.69, 9.17) is 14.2 Å². The van der Waals surface area contributed by atoms with Crippen LogP contribution in [0.3, 0.4) is 0 Å². The zero-order valence-corrected chi connectivity index (χ0v) is 14.9. The first-order valence-corrected chi connectivity index (χ1v) is 7.88. The van der Waals surface area contributed by atoms with E-state index in [1.54, 1.807) is 20.8 Å². The van der Waals surface area contributed by atoms with E-state index in [0.717, 1.165) is 6.07 Å². The highest BCUT2D eigenvalue weighted by molar-refractivity contribution is 5.67. The summed E-state index contributed by atoms with van der Waals surface area (Å²) in [7, 11) is 1.44. The molecule has 2 atom stereocenters. The van der Waals surface area contributed by atoms with Crippen LogP contribution in [0.25, 0.3) is 0 Å². The Morgan fingerprint density at radius 1 is 1.32 bits per heavy atom. The highest BCUT2D eigenvalue weighted by atomic mass is 19.1. The lowest BCUT2D eigenvalue weighted by atomic mass is 10.0. The Bertz CT molecular complexity index is 561. The van der Waals surface area contributed by atoms with Gasteiger partial charge in [-0.3, -0.25) is 0 Å². The molecule has 3 N–H and O–H groups in total. The van der Waals surface area contributed by atoms with E-state index in [9.17, 15) is 19.4 Å². The van der Waals surface area contributed by atoms with Crippen LogP contribution in [0.2, 0.25) is 0 Å². The molecule has 7 nitrogen and oxygen atoms in total. The molecule has 25 heavy (non-hydrogen) atoms. The number of hydrogen-bond acceptors (Lipinski definition) is 6. The van der Waals surface area contributed by atoms with Gasteiger partial charge in [-0.15, -0.1) is 0 Å². The van der Waals surface area contributed by atoms with Crippen molar-refractivity contribution < 1.29 is 33.6 Å². The fourth-order valence-electron chi connectivity index (χ4n) is 1.97. The van der Waals surface area contributed by atoms with Crippen LogP contribution in [0.4, 0.5) is 9.18 Å². The highest BCUT2D eigenvalue weighted by Gasteiger charge is 2.22. The molecule has 0 aliphatic carbocycles. The number of carbonyl (C=O) groups is 1. The maximum atomic E-state index is 14.0. The molecule has 142 valence electrons. The zero-order valence-electron chi connectivity index (χ0n) is 14.9. The second kappa shape index (κ2) is 9.55. The minimum Gasteiger partial charge on any atom is -0.467 e. The van der Waals surface area contributed by atoms with Gasteiger partial charge in [-0.1, -0.05) is 0 Å². The van der Waals surface area contributed by atoms with E-state index in [2.05, 4.69) is 5.32 Å². The summed E-state index contributed by atoms with van der Waals surface area (Å²) in [5.41, 5.74) is -0.688. The van der Waals surface area contributed by atoms with E-state index in [-0.39, 0.29) is 31.1 Å². The van der Waals surface area contributed by atoms with Gasteiger partial charge in [0.1, 0.15) is 23.3 Å². The first-order valence-electron chi connectivity index (χ1n) is 7.88. The van der Waals surface area contributed by atoms with Crippen LogP contribution in [0, 0.1) is 5.82 Å². The van der Waals surface area contributed by atoms with Crippen molar-refractivity contribution in [3.05, 3.63) is 29.6 Å². The molecular formula is C17H26FNO6. The molecule has 0 aliphatic heterocycles. The SMILES string of the molecule is COCOc1ccc(C(O)C(O)CCNC(=O)OC(C)(C)C)c(F)c1. The monoisotopic (exact) mass is 359 g/mol. The molecule has 2 unspecified atom stereocenters. The molecule has 1 aromatic rings. The Kier molecular flexibility index (Phi) is 8.08. The van der Waals surface area contributed by atoms with Gasteiger partial charge in [-0.25, -0.2) is 9.18 Å². The first-order chi connectivity index (χ1) is 11.6. The number of aliphatic hydroxyl groups is 2. The Hall–Kier alpha value is -1.90. The molecule has 0 aromatic heterocycles. The van der Waals surface area contributed by atoms with Gasteiger partial charge in [-0.2, -0.15) is 0 Å². The molecule has 0 aliphatic rings. The summed E-state index contributed by atoms with van der Waals surface area (Å²) < 4.78 is 28.9. The number of methoxy groups -OCH3 is 1. The fraction of sp³-hybridized carbons (Fsp3) is 0.588. The van der Waals surface area contributed by atoms with Crippen molar-refractivity contribution >= 4 is 6.09 Å². The normalized spacial score (nSPS) is 13.9. The maximum absolute atomic E-state index is 14.0. The van der Waals surface area contributed by atoms with Crippen molar-refractivity contribution in [2.75, 3.05) is 20.4 Å². The lowest BCUT2D eigenvalue weighted by molar-refractivity contribution is 0.0102. The van der Waals surface area contributed by atoms with E-state index in [1.807, 2.05) is 0 Å². The lowest BCUT2D eigenvalue weighted by Gasteiger charge is -2.21. The fourth-order valence-corrected chi connectivity index (χ4v) is 1.97. The molecule has 0 fully saturated rings. The Morgan fingerprint density at radius 2 is 2.00 bits per heavy atom. The van der Waals surface area contributed by atoms with E-state index in [0.29, 0.717) is 0 Å². The van der Waals surface area contributed by atoms with Crippen molar-refractivity contribution in [1.82, 2.24) is 5.32 Å². The maximum Gasteiger partial charge on any atom is 0.407 e. The largest absolute Gasteiger partial charge is 0.467 e. The number of halogens is 1. The lowest BCUT2D eigenvalue weighted by Crippen LogP contribution is -2.34. The molecule has 0 bridgehead atoms. The molecule has 0 radical (unpaired) electrons. The van der Waals surface area contributed by atoms with Gasteiger partial charge in [0, 0.05) is 25.3 Å². The summed E-state index contributed by atoms with van der Waals surface area (Å²) in [6.07, 6.45) is -3.28. The summed E-state index contributed by atoms with van der Waals surface area (Å²) in [6.45, 7) is 5.24. The average Bonchev–Trinajstić information content (AvgIpc) is 2.50. The predicted octanol–water partition coefficient (Wildman–Crippen LogP) is 2.12. The first kappa shape index (κ1) is 21.1. The van der Waals surface area contributed by atoms with Gasteiger partial charge < -0.3 is 29.7 Å². The molecule has 0 heterocycles. The predicted molar refractivity (Wildman–Crippen MR) is 88.7 cm³/mol. The Morgan fingerprint density at radius 3 is 2.56 bits per heavy atom. The average molecular weight is 359 g/mol. The topological polar surface area (TPSA) is 97.3 Å². The third kappa shape index (κ3) is 7.68. The molecule has 0 saturated heterocycles. The second-order valence-corrected chi connectivity index (χ2v) is 6.46. The van der Waals surface area contributed by atoms with Crippen molar-refractivity contribution in [2.24, 2.45) is 0 Å². The summed E-state index contributed by atoms with van der Waals surface area (Å²) in [4.78, 5) is 11.5. The van der Waals surface area contributed by atoms with Crippen molar-refractivity contribution in [2.45, 2.75) is 45.0 Å². The van der Waals surface area contributed by atoms with Crippen molar-refractivity contribution in [3.8, 4) is 5.75 Å². The van der Waals surface area contributed by atoms with Crippen LogP contribution < -0.4 is 10.1 Å². The number of aliphatic hydroxyl groups excluding tert-OH is 2. The number of carbonyl (C=O) groups excluding carboxylic acids is 1. The Labute approximate surface area is 146 Å². The number of ether oxygens (including phenoxy) is 3. The van der Waals surface area contributed by atoms with Crippen LogP contribution in [-0.4, -0.2) is 48.5 Å².